The second kappa shape index (κ2) is 5.79. The molecule has 1 saturated carbocycles. The van der Waals surface area contributed by atoms with Crippen LogP contribution in [0.15, 0.2) is 0 Å². The number of hydrogen-bond donors (Lipinski definition) is 7. The second-order valence-electron chi connectivity index (χ2n) is 2.94. The quantitative estimate of drug-likeness (QED) is 0.220. The minimum absolute atomic E-state index is 0. The smallest absolute Gasteiger partial charge is 0.111 e. The molecule has 0 bridgehead atoms. The summed E-state index contributed by atoms with van der Waals surface area (Å²) in [5, 5.41) is 53.8. The average Bonchev–Trinajstić information content (AvgIpc) is 2.08. The Kier molecular flexibility index (Phi) is 6.79. The summed E-state index contributed by atoms with van der Waals surface area (Å²) < 4.78 is 0. The van der Waals surface area contributed by atoms with Crippen molar-refractivity contribution >= 4 is 0 Å². The summed E-state index contributed by atoms with van der Waals surface area (Å²) in [6, 6.07) is 0. The molecule has 0 aliphatic heterocycles. The predicted octanol–water partition coefficient (Wildman–Crippen LogP) is -6.45. The third-order valence-electron chi connectivity index (χ3n) is 2.10. The van der Waals surface area contributed by atoms with Crippen molar-refractivity contribution in [1.29, 1.82) is 0 Å². The third kappa shape index (κ3) is 2.53. The Morgan fingerprint density at radius 1 is 0.429 bits per heavy atom. The molecule has 0 aromatic heterocycles. The van der Waals surface area contributed by atoms with Gasteiger partial charge < -0.3 is 49.2 Å². The molecule has 1 aliphatic rings. The molecule has 0 saturated heterocycles. The summed E-state index contributed by atoms with van der Waals surface area (Å²) in [7, 11) is 0. The first-order valence-corrected chi connectivity index (χ1v) is 3.55. The monoisotopic (exact) mass is 233 g/mol. The SMILES string of the molecule is OC1C(O)C(O)C(O)C(O)C1O.[Cl-].[NH4+]. The summed E-state index contributed by atoms with van der Waals surface area (Å²) >= 11 is 0. The number of aliphatic hydroxyl groups is 6. The molecule has 0 amide bonds. The lowest BCUT2D eigenvalue weighted by Gasteiger charge is -2.39. The molecular formula is C6H16ClNO6. The van der Waals surface area contributed by atoms with Crippen molar-refractivity contribution < 1.29 is 43.0 Å². The Labute approximate surface area is 86.6 Å². The zero-order valence-electron chi connectivity index (χ0n) is 7.53. The Balaban J connectivity index is 0. The Morgan fingerprint density at radius 3 is 0.571 bits per heavy atom. The summed E-state index contributed by atoms with van der Waals surface area (Å²) in [6.07, 6.45) is -9.84. The van der Waals surface area contributed by atoms with Gasteiger partial charge in [-0.05, 0) is 0 Å². The van der Waals surface area contributed by atoms with Crippen LogP contribution in [0.25, 0.3) is 0 Å². The molecule has 1 rings (SSSR count). The molecule has 0 radical (unpaired) electrons. The molecule has 0 heterocycles. The van der Waals surface area contributed by atoms with Gasteiger partial charge in [0.05, 0.1) is 0 Å². The van der Waals surface area contributed by atoms with E-state index in [-0.39, 0.29) is 18.6 Å². The van der Waals surface area contributed by atoms with Crippen molar-refractivity contribution in [3.63, 3.8) is 0 Å². The molecule has 0 atom stereocenters. The lowest BCUT2D eigenvalue weighted by Crippen LogP contribution is -3.00. The molecule has 8 heteroatoms. The molecule has 0 aromatic carbocycles. The van der Waals surface area contributed by atoms with Gasteiger partial charge in [0, 0.05) is 0 Å². The first-order chi connectivity index (χ1) is 5.46. The Morgan fingerprint density at radius 2 is 0.500 bits per heavy atom. The number of quaternary nitrogens is 1. The lowest BCUT2D eigenvalue weighted by atomic mass is 9.85. The van der Waals surface area contributed by atoms with Gasteiger partial charge in [-0.3, -0.25) is 0 Å². The van der Waals surface area contributed by atoms with Gasteiger partial charge in [-0.2, -0.15) is 0 Å². The fourth-order valence-corrected chi connectivity index (χ4v) is 1.21. The van der Waals surface area contributed by atoms with E-state index in [1.807, 2.05) is 0 Å². The van der Waals surface area contributed by atoms with E-state index in [0.717, 1.165) is 0 Å². The highest BCUT2D eigenvalue weighted by atomic mass is 35.5. The van der Waals surface area contributed by atoms with Crippen molar-refractivity contribution in [3.8, 4) is 0 Å². The van der Waals surface area contributed by atoms with Crippen LogP contribution in [0.4, 0.5) is 0 Å². The number of halogens is 1. The molecule has 0 unspecified atom stereocenters. The van der Waals surface area contributed by atoms with Crippen LogP contribution in [0.1, 0.15) is 0 Å². The average molecular weight is 234 g/mol. The fraction of sp³-hybridized carbons (Fsp3) is 1.00. The van der Waals surface area contributed by atoms with Gasteiger partial charge in [-0.1, -0.05) is 0 Å². The zero-order chi connectivity index (χ0) is 9.46. The van der Waals surface area contributed by atoms with Gasteiger partial charge in [0.1, 0.15) is 36.6 Å². The number of aliphatic hydroxyl groups excluding tert-OH is 6. The molecule has 1 aliphatic carbocycles. The van der Waals surface area contributed by atoms with Crippen LogP contribution >= 0.6 is 0 Å². The van der Waals surface area contributed by atoms with E-state index < -0.39 is 36.6 Å². The van der Waals surface area contributed by atoms with Crippen molar-refractivity contribution in [3.05, 3.63) is 0 Å². The third-order valence-corrected chi connectivity index (χ3v) is 2.10. The van der Waals surface area contributed by atoms with Gasteiger partial charge in [0.25, 0.3) is 0 Å². The standard InChI is InChI=1S/C6H12O6.ClH.H3N/c7-1-2(8)4(10)6(12)5(11)3(1)9;;/h1-12H;1H;1H3. The highest BCUT2D eigenvalue weighted by molar-refractivity contribution is 4.98. The van der Waals surface area contributed by atoms with Crippen LogP contribution in [0.3, 0.4) is 0 Å². The summed E-state index contributed by atoms with van der Waals surface area (Å²) in [4.78, 5) is 0. The van der Waals surface area contributed by atoms with E-state index in [9.17, 15) is 0 Å². The number of rotatable bonds is 0. The van der Waals surface area contributed by atoms with E-state index in [2.05, 4.69) is 0 Å². The van der Waals surface area contributed by atoms with Crippen LogP contribution in [0, 0.1) is 0 Å². The van der Waals surface area contributed by atoms with Gasteiger partial charge in [0.15, 0.2) is 0 Å². The predicted molar refractivity (Wildman–Crippen MR) is 42.0 cm³/mol. The van der Waals surface area contributed by atoms with Crippen LogP contribution in [0.5, 0.6) is 0 Å². The van der Waals surface area contributed by atoms with E-state index in [1.165, 1.54) is 0 Å². The lowest BCUT2D eigenvalue weighted by molar-refractivity contribution is -0.223. The molecule has 0 spiro atoms. The van der Waals surface area contributed by atoms with E-state index in [1.54, 1.807) is 0 Å². The maximum Gasteiger partial charge on any atom is 0.111 e. The van der Waals surface area contributed by atoms with Crippen LogP contribution in [-0.4, -0.2) is 67.3 Å². The van der Waals surface area contributed by atoms with Crippen LogP contribution < -0.4 is 18.6 Å². The maximum atomic E-state index is 8.97. The minimum atomic E-state index is -1.64. The van der Waals surface area contributed by atoms with Crippen molar-refractivity contribution in [2.75, 3.05) is 0 Å². The molecule has 1 fully saturated rings. The fourth-order valence-electron chi connectivity index (χ4n) is 1.21. The van der Waals surface area contributed by atoms with Crippen LogP contribution in [-0.2, 0) is 0 Å². The van der Waals surface area contributed by atoms with Gasteiger partial charge >= 0.3 is 0 Å². The molecule has 88 valence electrons. The first-order valence-electron chi connectivity index (χ1n) is 3.55. The minimum Gasteiger partial charge on any atom is -1.00 e. The van der Waals surface area contributed by atoms with Gasteiger partial charge in [0.2, 0.25) is 0 Å². The van der Waals surface area contributed by atoms with Crippen molar-refractivity contribution in [2.45, 2.75) is 36.6 Å². The molecule has 7 nitrogen and oxygen atoms in total. The summed E-state index contributed by atoms with van der Waals surface area (Å²) in [5.74, 6) is 0. The van der Waals surface area contributed by atoms with Gasteiger partial charge in [-0.25, -0.2) is 0 Å². The number of hydrogen-bond acceptors (Lipinski definition) is 6. The van der Waals surface area contributed by atoms with Crippen LogP contribution in [0.2, 0.25) is 0 Å². The highest BCUT2D eigenvalue weighted by Gasteiger charge is 2.47. The maximum absolute atomic E-state index is 8.97. The normalized spacial score (nSPS) is 47.6. The second-order valence-corrected chi connectivity index (χ2v) is 2.94. The van der Waals surface area contributed by atoms with Gasteiger partial charge in [-0.15, -0.1) is 0 Å². The van der Waals surface area contributed by atoms with Crippen molar-refractivity contribution in [1.82, 2.24) is 6.15 Å². The highest BCUT2D eigenvalue weighted by Crippen LogP contribution is 2.20. The van der Waals surface area contributed by atoms with E-state index in [0.29, 0.717) is 0 Å². The molecule has 10 N–H and O–H groups in total. The first kappa shape index (κ1) is 16.4. The zero-order valence-corrected chi connectivity index (χ0v) is 8.28. The van der Waals surface area contributed by atoms with Crippen molar-refractivity contribution in [2.24, 2.45) is 0 Å². The topological polar surface area (TPSA) is 158 Å². The van der Waals surface area contributed by atoms with E-state index in [4.69, 9.17) is 30.6 Å². The van der Waals surface area contributed by atoms with E-state index >= 15 is 0 Å². The summed E-state index contributed by atoms with van der Waals surface area (Å²) in [5.41, 5.74) is 0. The largest absolute Gasteiger partial charge is 1.00 e. The molecule has 14 heavy (non-hydrogen) atoms. The molecular weight excluding hydrogens is 218 g/mol. The Bertz CT molecular complexity index is 114. The molecule has 0 aromatic rings. The summed E-state index contributed by atoms with van der Waals surface area (Å²) in [6.45, 7) is 0. The Hall–Kier alpha value is 0.01000.